The molecule has 54 heavy (non-hydrogen) atoms. The number of phosphoric acid groups is 1. The molecule has 0 amide bonds. The average Bonchev–Trinajstić information content (AvgIpc) is 3.16. The van der Waals surface area contributed by atoms with Crippen LogP contribution in [0.25, 0.3) is 0 Å². The summed E-state index contributed by atoms with van der Waals surface area (Å²) < 4.78 is 32.8. The highest BCUT2D eigenvalue weighted by Crippen LogP contribution is 2.43. The van der Waals surface area contributed by atoms with Crippen molar-refractivity contribution in [1.29, 1.82) is 0 Å². The zero-order chi connectivity index (χ0) is 39.6. The molecule has 0 radical (unpaired) electrons. The van der Waals surface area contributed by atoms with Crippen LogP contribution in [0.5, 0.6) is 0 Å². The van der Waals surface area contributed by atoms with Crippen molar-refractivity contribution in [3.05, 3.63) is 36.5 Å². The number of allylic oxidation sites excluding steroid dienone is 6. The molecule has 0 heterocycles. The van der Waals surface area contributed by atoms with Gasteiger partial charge in [0.25, 0.3) is 0 Å². The highest BCUT2D eigenvalue weighted by atomic mass is 31.2. The molecule has 0 aliphatic rings. The first-order chi connectivity index (χ1) is 26.3. The van der Waals surface area contributed by atoms with Crippen molar-refractivity contribution in [2.24, 2.45) is 5.73 Å². The molecule has 0 fully saturated rings. The summed E-state index contributed by atoms with van der Waals surface area (Å²) in [6, 6.07) is 0. The van der Waals surface area contributed by atoms with Gasteiger partial charge >= 0.3 is 19.8 Å². The second-order valence-electron chi connectivity index (χ2n) is 14.6. The lowest BCUT2D eigenvalue weighted by Gasteiger charge is -2.19. The van der Waals surface area contributed by atoms with Crippen LogP contribution in [0.2, 0.25) is 0 Å². The Bertz CT molecular complexity index is 986. The van der Waals surface area contributed by atoms with Gasteiger partial charge in [-0.1, -0.05) is 172 Å². The van der Waals surface area contributed by atoms with Gasteiger partial charge in [-0.15, -0.1) is 0 Å². The summed E-state index contributed by atoms with van der Waals surface area (Å²) in [5.74, 6) is -0.838. The molecule has 2 unspecified atom stereocenters. The molecule has 0 aliphatic heterocycles. The molecule has 0 saturated heterocycles. The van der Waals surface area contributed by atoms with Crippen LogP contribution in [0.15, 0.2) is 36.5 Å². The van der Waals surface area contributed by atoms with E-state index in [4.69, 9.17) is 24.3 Å². The lowest BCUT2D eigenvalue weighted by atomic mass is 10.0. The molecule has 0 spiro atoms. The molecule has 3 N–H and O–H groups in total. The topological polar surface area (TPSA) is 134 Å². The quantitative estimate of drug-likeness (QED) is 0.0269. The summed E-state index contributed by atoms with van der Waals surface area (Å²) in [5.41, 5.74) is 5.35. The van der Waals surface area contributed by atoms with Crippen molar-refractivity contribution >= 4 is 19.8 Å². The van der Waals surface area contributed by atoms with Crippen molar-refractivity contribution in [3.63, 3.8) is 0 Å². The number of nitrogens with two attached hydrogens (primary N) is 1. The summed E-state index contributed by atoms with van der Waals surface area (Å²) in [4.78, 5) is 34.9. The Morgan fingerprint density at radius 2 is 0.963 bits per heavy atom. The number of carbonyl (C=O) groups is 2. The molecule has 0 aromatic rings. The van der Waals surface area contributed by atoms with Crippen LogP contribution < -0.4 is 5.73 Å². The lowest BCUT2D eigenvalue weighted by Crippen LogP contribution is -2.29. The van der Waals surface area contributed by atoms with Gasteiger partial charge in [-0.25, -0.2) is 4.57 Å². The molecule has 316 valence electrons. The predicted molar refractivity (Wildman–Crippen MR) is 224 cm³/mol. The first-order valence-electron chi connectivity index (χ1n) is 22.0. The van der Waals surface area contributed by atoms with Gasteiger partial charge in [0, 0.05) is 19.4 Å². The van der Waals surface area contributed by atoms with Crippen molar-refractivity contribution in [3.8, 4) is 0 Å². The van der Waals surface area contributed by atoms with Gasteiger partial charge in [-0.3, -0.25) is 18.6 Å². The number of hydrogen-bond acceptors (Lipinski definition) is 8. The summed E-state index contributed by atoms with van der Waals surface area (Å²) in [7, 11) is -4.38. The highest BCUT2D eigenvalue weighted by Gasteiger charge is 2.26. The molecule has 9 nitrogen and oxygen atoms in total. The fourth-order valence-electron chi connectivity index (χ4n) is 5.99. The molecule has 0 aromatic carbocycles. The van der Waals surface area contributed by atoms with E-state index < -0.39 is 26.5 Å². The van der Waals surface area contributed by atoms with E-state index in [0.717, 1.165) is 70.6 Å². The SMILES string of the molecule is CCCCC/C=C\C/C=C\C/C=C\CCCCCCCCC(=O)OC(COC(=O)CCCCCCCCCCCCCCCC)COP(=O)(O)OCCN. The van der Waals surface area contributed by atoms with Crippen molar-refractivity contribution in [2.45, 2.75) is 206 Å². The fraction of sp³-hybridized carbons (Fsp3) is 0.818. The fourth-order valence-corrected chi connectivity index (χ4v) is 6.76. The van der Waals surface area contributed by atoms with E-state index >= 15 is 0 Å². The number of phosphoric ester groups is 1. The third-order valence-corrected chi connectivity index (χ3v) is 10.3. The first kappa shape index (κ1) is 52.2. The van der Waals surface area contributed by atoms with Crippen LogP contribution in [0, 0.1) is 0 Å². The number of esters is 2. The lowest BCUT2D eigenvalue weighted by molar-refractivity contribution is -0.161. The van der Waals surface area contributed by atoms with Crippen molar-refractivity contribution < 1.29 is 37.6 Å². The predicted octanol–water partition coefficient (Wildman–Crippen LogP) is 12.6. The van der Waals surface area contributed by atoms with E-state index in [-0.39, 0.29) is 38.6 Å². The minimum Gasteiger partial charge on any atom is -0.462 e. The molecule has 0 rings (SSSR count). The maximum absolute atomic E-state index is 12.6. The van der Waals surface area contributed by atoms with Gasteiger partial charge in [0.05, 0.1) is 13.2 Å². The van der Waals surface area contributed by atoms with Crippen LogP contribution >= 0.6 is 7.82 Å². The van der Waals surface area contributed by atoms with Crippen LogP contribution in [0.3, 0.4) is 0 Å². The van der Waals surface area contributed by atoms with Crippen LogP contribution in [-0.4, -0.2) is 49.3 Å². The average molecular weight is 784 g/mol. The van der Waals surface area contributed by atoms with E-state index in [0.29, 0.717) is 6.42 Å². The molecular weight excluding hydrogens is 701 g/mol. The minimum absolute atomic E-state index is 0.0514. The summed E-state index contributed by atoms with van der Waals surface area (Å²) >= 11 is 0. The Morgan fingerprint density at radius 3 is 1.46 bits per heavy atom. The number of ether oxygens (including phenoxy) is 2. The number of unbranched alkanes of at least 4 members (excludes halogenated alkanes) is 22. The Balaban J connectivity index is 4.16. The summed E-state index contributed by atoms with van der Waals surface area (Å²) in [6.45, 7) is 3.70. The standard InChI is InChI=1S/C44H82NO8P/c1-3-5-7-9-11-13-15-17-19-20-21-22-23-25-27-29-31-33-35-37-44(47)53-42(41-52-54(48,49)51-39-38-45)40-50-43(46)36-34-32-30-28-26-24-18-16-14-12-10-8-6-4-2/h11,13,17,19,21-22,42H,3-10,12,14-16,18,20,23-41,45H2,1-2H3,(H,48,49)/b13-11-,19-17-,22-21-. The Hall–Kier alpha value is -1.77. The van der Waals surface area contributed by atoms with Gasteiger partial charge in [-0.05, 0) is 51.4 Å². The zero-order valence-electron chi connectivity index (χ0n) is 34.7. The largest absolute Gasteiger partial charge is 0.472 e. The van der Waals surface area contributed by atoms with Crippen LogP contribution in [0.4, 0.5) is 0 Å². The highest BCUT2D eigenvalue weighted by molar-refractivity contribution is 7.47. The van der Waals surface area contributed by atoms with E-state index in [1.165, 1.54) is 96.3 Å². The molecule has 2 atom stereocenters. The first-order valence-corrected chi connectivity index (χ1v) is 23.5. The third-order valence-electron chi connectivity index (χ3n) is 9.28. The zero-order valence-corrected chi connectivity index (χ0v) is 35.6. The molecule has 10 heteroatoms. The van der Waals surface area contributed by atoms with Gasteiger partial charge in [0.1, 0.15) is 6.61 Å². The van der Waals surface area contributed by atoms with E-state index in [1.54, 1.807) is 0 Å². The van der Waals surface area contributed by atoms with Crippen molar-refractivity contribution in [1.82, 2.24) is 0 Å². The van der Waals surface area contributed by atoms with Gasteiger partial charge in [0.2, 0.25) is 0 Å². The monoisotopic (exact) mass is 784 g/mol. The smallest absolute Gasteiger partial charge is 0.462 e. The Kier molecular flexibility index (Phi) is 39.5. The number of carbonyl (C=O) groups excluding carboxylic acids is 2. The molecule has 0 aliphatic carbocycles. The summed E-state index contributed by atoms with van der Waals surface area (Å²) in [6.07, 6.45) is 44.5. The molecule has 0 saturated carbocycles. The van der Waals surface area contributed by atoms with E-state index in [1.807, 2.05) is 0 Å². The van der Waals surface area contributed by atoms with Crippen LogP contribution in [0.1, 0.15) is 200 Å². The normalized spacial score (nSPS) is 13.6. The van der Waals surface area contributed by atoms with Crippen molar-refractivity contribution in [2.75, 3.05) is 26.4 Å². The van der Waals surface area contributed by atoms with Gasteiger partial charge < -0.3 is 20.1 Å². The number of hydrogen-bond donors (Lipinski definition) is 2. The third kappa shape index (κ3) is 39.9. The number of rotatable bonds is 41. The maximum atomic E-state index is 12.6. The second-order valence-corrected chi connectivity index (χ2v) is 16.0. The Morgan fingerprint density at radius 1 is 0.556 bits per heavy atom. The minimum atomic E-state index is -4.38. The maximum Gasteiger partial charge on any atom is 0.472 e. The molecular formula is C44H82NO8P. The molecule has 0 aromatic heterocycles. The van der Waals surface area contributed by atoms with Gasteiger partial charge in [-0.2, -0.15) is 0 Å². The van der Waals surface area contributed by atoms with E-state index in [2.05, 4.69) is 50.3 Å². The summed E-state index contributed by atoms with van der Waals surface area (Å²) in [5, 5.41) is 0. The molecule has 0 bridgehead atoms. The van der Waals surface area contributed by atoms with Gasteiger partial charge in [0.15, 0.2) is 6.10 Å². The Labute approximate surface area is 331 Å². The van der Waals surface area contributed by atoms with Crippen LogP contribution in [-0.2, 0) is 32.7 Å². The second kappa shape index (κ2) is 40.9. The van der Waals surface area contributed by atoms with E-state index in [9.17, 15) is 19.0 Å².